The summed E-state index contributed by atoms with van der Waals surface area (Å²) in [5.41, 5.74) is 1.82. The predicted molar refractivity (Wildman–Crippen MR) is 83.9 cm³/mol. The van der Waals surface area contributed by atoms with Gasteiger partial charge in [0.1, 0.15) is 12.4 Å². The van der Waals surface area contributed by atoms with Crippen molar-refractivity contribution >= 4 is 21.9 Å². The maximum Gasteiger partial charge on any atom is 0.310 e. The minimum Gasteiger partial charge on any atom is -0.489 e. The van der Waals surface area contributed by atoms with Gasteiger partial charge >= 0.3 is 5.97 Å². The molecule has 0 fully saturated rings. The fraction of sp³-hybridized carbons (Fsp3) is 0.312. The van der Waals surface area contributed by atoms with E-state index in [0.717, 1.165) is 22.0 Å². The van der Waals surface area contributed by atoms with Crippen LogP contribution in [0.3, 0.4) is 0 Å². The van der Waals surface area contributed by atoms with Gasteiger partial charge in [-0.05, 0) is 30.2 Å². The van der Waals surface area contributed by atoms with E-state index in [2.05, 4.69) is 35.5 Å². The number of rotatable bonds is 7. The summed E-state index contributed by atoms with van der Waals surface area (Å²) in [6.45, 7) is 6.26. The van der Waals surface area contributed by atoms with Crippen LogP contribution in [0.5, 0.6) is 5.75 Å². The zero-order valence-electron chi connectivity index (χ0n) is 11.8. The molecule has 0 saturated heterocycles. The second-order valence-electron chi connectivity index (χ2n) is 4.19. The Balaban J connectivity index is 2.85. The second-order valence-corrected chi connectivity index (χ2v) is 5.10. The normalized spacial score (nSPS) is 11.1. The summed E-state index contributed by atoms with van der Waals surface area (Å²) >= 11 is 3.39. The van der Waals surface area contributed by atoms with Crippen LogP contribution in [-0.2, 0) is 16.0 Å². The SMILES string of the molecule is C=C/C(=C\CC)COc1ccc(Br)cc1CC(=O)OC. The molecule has 0 heterocycles. The molecule has 0 unspecified atom stereocenters. The number of hydrogen-bond donors (Lipinski definition) is 0. The Kier molecular flexibility index (Phi) is 7.09. The Morgan fingerprint density at radius 2 is 2.20 bits per heavy atom. The van der Waals surface area contributed by atoms with E-state index in [-0.39, 0.29) is 12.4 Å². The average molecular weight is 339 g/mol. The third-order valence-corrected chi connectivity index (χ3v) is 3.20. The van der Waals surface area contributed by atoms with Gasteiger partial charge in [0.2, 0.25) is 0 Å². The van der Waals surface area contributed by atoms with Gasteiger partial charge in [-0.1, -0.05) is 41.6 Å². The first-order valence-corrected chi connectivity index (χ1v) is 7.19. The van der Waals surface area contributed by atoms with Crippen molar-refractivity contribution in [1.82, 2.24) is 0 Å². The van der Waals surface area contributed by atoms with E-state index in [9.17, 15) is 4.79 Å². The van der Waals surface area contributed by atoms with Crippen LogP contribution in [0.1, 0.15) is 18.9 Å². The predicted octanol–water partition coefficient (Wildman–Crippen LogP) is 4.07. The average Bonchev–Trinajstić information content (AvgIpc) is 2.44. The number of halogens is 1. The van der Waals surface area contributed by atoms with Crippen molar-refractivity contribution in [3.05, 3.63) is 52.5 Å². The molecule has 0 aliphatic heterocycles. The first kappa shape index (κ1) is 16.5. The highest BCUT2D eigenvalue weighted by Gasteiger charge is 2.10. The lowest BCUT2D eigenvalue weighted by Gasteiger charge is -2.12. The summed E-state index contributed by atoms with van der Waals surface area (Å²) in [4.78, 5) is 11.4. The molecule has 0 bridgehead atoms. The zero-order chi connectivity index (χ0) is 15.0. The minimum absolute atomic E-state index is 0.187. The molecule has 0 N–H and O–H groups in total. The smallest absolute Gasteiger partial charge is 0.310 e. The summed E-state index contributed by atoms with van der Waals surface area (Å²) in [5.74, 6) is 0.392. The topological polar surface area (TPSA) is 35.5 Å². The van der Waals surface area contributed by atoms with Crippen molar-refractivity contribution in [3.63, 3.8) is 0 Å². The first-order chi connectivity index (χ1) is 9.60. The monoisotopic (exact) mass is 338 g/mol. The van der Waals surface area contributed by atoms with Gasteiger partial charge in [-0.2, -0.15) is 0 Å². The standard InChI is InChI=1S/C16H19BrO3/c1-4-6-12(5-2)11-20-15-8-7-14(17)9-13(15)10-16(18)19-3/h5-9H,2,4,10-11H2,1,3H3/b12-6+. The number of carbonyl (C=O) groups is 1. The minimum atomic E-state index is -0.291. The van der Waals surface area contributed by atoms with E-state index in [1.54, 1.807) is 6.08 Å². The third-order valence-electron chi connectivity index (χ3n) is 2.71. The Morgan fingerprint density at radius 1 is 1.45 bits per heavy atom. The Labute approximate surface area is 128 Å². The van der Waals surface area contributed by atoms with Crippen molar-refractivity contribution in [2.75, 3.05) is 13.7 Å². The van der Waals surface area contributed by atoms with Gasteiger partial charge < -0.3 is 9.47 Å². The molecule has 0 spiro atoms. The van der Waals surface area contributed by atoms with Crippen LogP contribution in [-0.4, -0.2) is 19.7 Å². The first-order valence-electron chi connectivity index (χ1n) is 6.40. The van der Waals surface area contributed by atoms with Gasteiger partial charge in [0.05, 0.1) is 13.5 Å². The molecule has 0 aliphatic carbocycles. The summed E-state index contributed by atoms with van der Waals surface area (Å²) in [6.07, 6.45) is 4.96. The number of ether oxygens (including phenoxy) is 2. The number of esters is 1. The fourth-order valence-corrected chi connectivity index (χ4v) is 2.09. The number of benzene rings is 1. The molecule has 1 rings (SSSR count). The summed E-state index contributed by atoms with van der Waals surface area (Å²) < 4.78 is 11.4. The number of allylic oxidation sites excluding steroid dienone is 1. The van der Waals surface area contributed by atoms with Gasteiger partial charge in [0.25, 0.3) is 0 Å². The summed E-state index contributed by atoms with van der Waals surface area (Å²) in [6, 6.07) is 5.59. The lowest BCUT2D eigenvalue weighted by molar-refractivity contribution is -0.139. The summed E-state index contributed by atoms with van der Waals surface area (Å²) in [5, 5.41) is 0. The van der Waals surface area contributed by atoms with Crippen molar-refractivity contribution in [3.8, 4) is 5.75 Å². The fourth-order valence-electron chi connectivity index (χ4n) is 1.68. The van der Waals surface area contributed by atoms with Gasteiger partial charge in [0, 0.05) is 10.0 Å². The van der Waals surface area contributed by atoms with Crippen LogP contribution in [0.25, 0.3) is 0 Å². The number of hydrogen-bond acceptors (Lipinski definition) is 3. The van der Waals surface area contributed by atoms with Crippen LogP contribution in [0.15, 0.2) is 47.0 Å². The highest BCUT2D eigenvalue weighted by atomic mass is 79.9. The van der Waals surface area contributed by atoms with E-state index in [4.69, 9.17) is 9.47 Å². The molecule has 0 amide bonds. The van der Waals surface area contributed by atoms with Gasteiger partial charge in [-0.15, -0.1) is 0 Å². The van der Waals surface area contributed by atoms with Crippen molar-refractivity contribution in [2.24, 2.45) is 0 Å². The Morgan fingerprint density at radius 3 is 2.80 bits per heavy atom. The van der Waals surface area contributed by atoms with Crippen LogP contribution in [0, 0.1) is 0 Å². The molecule has 0 aromatic heterocycles. The van der Waals surface area contributed by atoms with Gasteiger partial charge in [-0.25, -0.2) is 0 Å². The molecule has 4 heteroatoms. The zero-order valence-corrected chi connectivity index (χ0v) is 13.4. The van der Waals surface area contributed by atoms with E-state index < -0.39 is 0 Å². The van der Waals surface area contributed by atoms with Crippen molar-refractivity contribution in [2.45, 2.75) is 19.8 Å². The largest absolute Gasteiger partial charge is 0.489 e. The molecule has 0 saturated carbocycles. The van der Waals surface area contributed by atoms with Crippen molar-refractivity contribution < 1.29 is 14.3 Å². The molecule has 0 radical (unpaired) electrons. The van der Waals surface area contributed by atoms with E-state index >= 15 is 0 Å². The third kappa shape index (κ3) is 5.21. The molecular formula is C16H19BrO3. The second kappa shape index (κ2) is 8.59. The molecule has 1 aromatic carbocycles. The molecule has 0 aliphatic rings. The molecule has 108 valence electrons. The molecule has 0 atom stereocenters. The Bertz CT molecular complexity index is 506. The summed E-state index contributed by atoms with van der Waals surface area (Å²) in [7, 11) is 1.38. The molecule has 20 heavy (non-hydrogen) atoms. The number of carbonyl (C=O) groups excluding carboxylic acids is 1. The highest BCUT2D eigenvalue weighted by molar-refractivity contribution is 9.10. The maximum atomic E-state index is 11.4. The molecular weight excluding hydrogens is 320 g/mol. The lowest BCUT2D eigenvalue weighted by Crippen LogP contribution is -2.08. The van der Waals surface area contributed by atoms with E-state index in [1.807, 2.05) is 18.2 Å². The van der Waals surface area contributed by atoms with Crippen LogP contribution < -0.4 is 4.74 Å². The van der Waals surface area contributed by atoms with Crippen LogP contribution in [0.4, 0.5) is 0 Å². The molecule has 3 nitrogen and oxygen atoms in total. The maximum absolute atomic E-state index is 11.4. The quantitative estimate of drug-likeness (QED) is 0.555. The van der Waals surface area contributed by atoms with Crippen molar-refractivity contribution in [1.29, 1.82) is 0 Å². The van der Waals surface area contributed by atoms with E-state index in [0.29, 0.717) is 12.4 Å². The van der Waals surface area contributed by atoms with Crippen LogP contribution >= 0.6 is 15.9 Å². The van der Waals surface area contributed by atoms with Crippen LogP contribution in [0.2, 0.25) is 0 Å². The Hall–Kier alpha value is -1.55. The number of methoxy groups -OCH3 is 1. The van der Waals surface area contributed by atoms with Gasteiger partial charge in [-0.3, -0.25) is 4.79 Å². The molecule has 1 aromatic rings. The lowest BCUT2D eigenvalue weighted by atomic mass is 10.1. The van der Waals surface area contributed by atoms with Gasteiger partial charge in [0.15, 0.2) is 0 Å². The van der Waals surface area contributed by atoms with E-state index in [1.165, 1.54) is 7.11 Å². The highest BCUT2D eigenvalue weighted by Crippen LogP contribution is 2.24.